The van der Waals surface area contributed by atoms with Gasteiger partial charge in [0.25, 0.3) is 0 Å². The fourth-order valence-corrected chi connectivity index (χ4v) is 16.0. The van der Waals surface area contributed by atoms with E-state index in [4.69, 9.17) is 69.2 Å². The van der Waals surface area contributed by atoms with Gasteiger partial charge in [-0.1, -0.05) is 155 Å². The number of ether oxygens (including phenoxy) is 6. The van der Waals surface area contributed by atoms with E-state index in [1.54, 1.807) is 42.7 Å². The van der Waals surface area contributed by atoms with Gasteiger partial charge in [0, 0.05) is 28.8 Å². The Morgan fingerprint density at radius 3 is 0.900 bits per heavy atom. The number of rotatable bonds is 17. The van der Waals surface area contributed by atoms with Crippen molar-refractivity contribution in [2.24, 2.45) is 17.4 Å². The van der Waals surface area contributed by atoms with Gasteiger partial charge < -0.3 is 39.9 Å². The quantitative estimate of drug-likeness (QED) is 0.0671. The number of halogens is 2. The molecular formula is C65H76Cl2N4O6P2Ru. The monoisotopic (exact) mass is 1240 g/mol. The molecule has 0 spiro atoms. The summed E-state index contributed by atoms with van der Waals surface area (Å²) in [6.07, 6.45) is 0. The third-order valence-corrected chi connectivity index (χ3v) is 18.4. The summed E-state index contributed by atoms with van der Waals surface area (Å²) in [6, 6.07) is 46.8. The summed E-state index contributed by atoms with van der Waals surface area (Å²) in [5.74, 6) is 3.64. The van der Waals surface area contributed by atoms with E-state index in [9.17, 15) is 0 Å². The minimum atomic E-state index is -1.20. The first kappa shape index (κ1) is 63.6. The number of nitrogens with zero attached hydrogens (tertiary/aromatic N) is 2. The van der Waals surface area contributed by atoms with Crippen molar-refractivity contribution in [3.8, 4) is 46.1 Å². The molecule has 1 atom stereocenters. The molecule has 15 heteroatoms. The van der Waals surface area contributed by atoms with Gasteiger partial charge in [-0.3, -0.25) is 0 Å². The SMILES string of the molecule is COc1cc(P(c2cc(C)cc(C)c2)c2cc(C)cc(C)c2)c(-c2c(P(c3cc(C)cc(C)c3)c3cc(C)cc(C)c3)cc(OC)nc2OC)c(OC)n1.COc1ccc(C(N)(c2ccc(OC)cc2)[C@@H](N)C(C)C)cc1.[Cl][Ru][Cl]. The Hall–Kier alpha value is -5.60. The first-order valence-electron chi connectivity index (χ1n) is 26.1. The normalized spacial score (nSPS) is 11.6. The van der Waals surface area contributed by atoms with Gasteiger partial charge in [0.05, 0.1) is 59.3 Å². The molecule has 0 bridgehead atoms. The summed E-state index contributed by atoms with van der Waals surface area (Å²) in [6.45, 7) is 21.5. The zero-order chi connectivity index (χ0) is 58.6. The fourth-order valence-electron chi connectivity index (χ4n) is 10.3. The van der Waals surface area contributed by atoms with Crippen LogP contribution >= 0.6 is 35.2 Å². The maximum absolute atomic E-state index is 6.86. The molecule has 2 heterocycles. The molecule has 80 heavy (non-hydrogen) atoms. The maximum atomic E-state index is 6.86. The van der Waals surface area contributed by atoms with Crippen LogP contribution in [0.25, 0.3) is 11.1 Å². The van der Waals surface area contributed by atoms with E-state index in [1.165, 1.54) is 65.7 Å². The second-order valence-corrected chi connectivity index (χ2v) is 27.3. The van der Waals surface area contributed by atoms with E-state index >= 15 is 0 Å². The molecule has 8 rings (SSSR count). The van der Waals surface area contributed by atoms with Gasteiger partial charge in [-0.05, 0) is 134 Å². The Balaban J connectivity index is 0.000000330. The number of benzene rings is 6. The summed E-state index contributed by atoms with van der Waals surface area (Å²) in [7, 11) is 17.3. The van der Waals surface area contributed by atoms with Gasteiger partial charge in [0.15, 0.2) is 0 Å². The van der Waals surface area contributed by atoms with E-state index in [0.717, 1.165) is 44.4 Å². The number of nitrogens with two attached hydrogens (primary N) is 2. The third kappa shape index (κ3) is 15.1. The molecule has 6 aromatic carbocycles. The number of hydrogen-bond donors (Lipinski definition) is 2. The summed E-state index contributed by atoms with van der Waals surface area (Å²) in [5.41, 5.74) is 25.8. The molecule has 4 N–H and O–H groups in total. The standard InChI is InChI=1S/C46H50N2O4P2.C19H26N2O2.2ClH.Ru/c1-27-13-28(2)18-35(17-27)53(36-19-29(3)14-30(4)20-36)39-25-41(49-9)47-45(51-11)43(39)44-40(26-42(50-10)48-46(44)52-12)54(37-21-31(5)15-32(6)22-37)38-23-33(7)16-34(8)24-38;1-13(2)18(20)19(21,14-5-9-16(22-3)10-6-14)15-7-11-17(23-4)12-8-15;;;/h13-26H,1-12H3;5-13,18H,20-21H2,1-4H3;2*1H;/q;;;;+2/p-2/t;18-;;;/m.0.../s1. The Morgan fingerprint density at radius 1 is 0.425 bits per heavy atom. The van der Waals surface area contributed by atoms with Crippen molar-refractivity contribution in [2.75, 3.05) is 42.7 Å². The second-order valence-electron chi connectivity index (χ2n) is 20.3. The van der Waals surface area contributed by atoms with E-state index in [2.05, 4.69) is 154 Å². The number of aromatic nitrogens is 2. The van der Waals surface area contributed by atoms with Crippen molar-refractivity contribution in [3.05, 3.63) is 189 Å². The van der Waals surface area contributed by atoms with Crippen molar-refractivity contribution >= 4 is 67.1 Å². The molecule has 0 aliphatic rings. The first-order chi connectivity index (χ1) is 38.2. The molecule has 0 unspecified atom stereocenters. The second kappa shape index (κ2) is 28.9. The summed E-state index contributed by atoms with van der Waals surface area (Å²) < 4.78 is 34.9. The van der Waals surface area contributed by atoms with Crippen LogP contribution in [0.1, 0.15) is 69.5 Å². The van der Waals surface area contributed by atoms with Crippen LogP contribution in [-0.2, 0) is 20.7 Å². The van der Waals surface area contributed by atoms with Crippen LogP contribution in [0.15, 0.2) is 133 Å². The average molecular weight is 1240 g/mol. The van der Waals surface area contributed by atoms with E-state index < -0.39 is 21.4 Å². The molecule has 0 aliphatic heterocycles. The van der Waals surface area contributed by atoms with Crippen molar-refractivity contribution in [3.63, 3.8) is 0 Å². The molecule has 8 aromatic rings. The van der Waals surface area contributed by atoms with Crippen molar-refractivity contribution < 1.29 is 43.6 Å². The van der Waals surface area contributed by atoms with Crippen molar-refractivity contribution in [1.29, 1.82) is 0 Å². The number of pyridine rings is 2. The van der Waals surface area contributed by atoms with Crippen LogP contribution in [0.2, 0.25) is 0 Å². The average Bonchev–Trinajstić information content (AvgIpc) is 3.48. The Morgan fingerprint density at radius 2 is 0.688 bits per heavy atom. The van der Waals surface area contributed by atoms with Gasteiger partial charge in [-0.15, -0.1) is 0 Å². The van der Waals surface area contributed by atoms with Gasteiger partial charge in [-0.2, -0.15) is 9.97 Å². The number of methoxy groups -OCH3 is 6. The van der Waals surface area contributed by atoms with Crippen LogP contribution in [0.3, 0.4) is 0 Å². The van der Waals surface area contributed by atoms with Gasteiger partial charge in [0.1, 0.15) is 11.5 Å². The molecule has 0 saturated heterocycles. The first-order valence-corrected chi connectivity index (χ1v) is 33.2. The van der Waals surface area contributed by atoms with Crippen LogP contribution in [0.4, 0.5) is 0 Å². The van der Waals surface area contributed by atoms with E-state index in [1.807, 2.05) is 48.5 Å². The Bertz CT molecular complexity index is 2990. The Kier molecular flexibility index (Phi) is 23.0. The zero-order valence-corrected chi connectivity index (χ0v) is 53.9. The van der Waals surface area contributed by atoms with E-state index in [0.29, 0.717) is 23.5 Å². The molecule has 10 nitrogen and oxygen atoms in total. The molecule has 0 aliphatic carbocycles. The molecular weight excluding hydrogens is 1170 g/mol. The van der Waals surface area contributed by atoms with Crippen LogP contribution in [0.5, 0.6) is 35.0 Å². The van der Waals surface area contributed by atoms with Gasteiger partial charge in [-0.25, -0.2) is 0 Å². The van der Waals surface area contributed by atoms with Gasteiger partial charge in [0.2, 0.25) is 23.5 Å². The van der Waals surface area contributed by atoms with Crippen LogP contribution in [-0.4, -0.2) is 58.7 Å². The topological polar surface area (TPSA) is 133 Å². The number of aryl methyl sites for hydroxylation is 8. The summed E-state index contributed by atoms with van der Waals surface area (Å²) >= 11 is -0.346. The third-order valence-electron chi connectivity index (χ3n) is 13.7. The summed E-state index contributed by atoms with van der Waals surface area (Å²) in [5, 5.41) is 6.94. The molecule has 0 saturated carbocycles. The molecule has 424 valence electrons. The molecule has 0 radical (unpaired) electrons. The summed E-state index contributed by atoms with van der Waals surface area (Å²) in [4.78, 5) is 9.93. The fraction of sp³-hybridized carbons (Fsp3) is 0.292. The minimum absolute atomic E-state index is 0.226. The predicted octanol–water partition coefficient (Wildman–Crippen LogP) is 12.4. The molecule has 2 aromatic heterocycles. The Labute approximate surface area is 493 Å². The van der Waals surface area contributed by atoms with E-state index in [-0.39, 0.29) is 27.1 Å². The zero-order valence-electron chi connectivity index (χ0n) is 48.9. The van der Waals surface area contributed by atoms with Crippen molar-refractivity contribution in [1.82, 2.24) is 9.97 Å². The number of hydrogen-bond acceptors (Lipinski definition) is 10. The molecule has 0 fully saturated rings. The molecule has 0 amide bonds. The van der Waals surface area contributed by atoms with Gasteiger partial charge >= 0.3 is 34.5 Å². The van der Waals surface area contributed by atoms with Crippen molar-refractivity contribution in [2.45, 2.75) is 80.8 Å². The van der Waals surface area contributed by atoms with Crippen LogP contribution in [0, 0.1) is 61.3 Å². The van der Waals surface area contributed by atoms with Crippen LogP contribution < -0.4 is 71.7 Å². The predicted molar refractivity (Wildman–Crippen MR) is 334 cm³/mol.